The van der Waals surface area contributed by atoms with E-state index in [0.29, 0.717) is 19.3 Å². The number of ether oxygens (including phenoxy) is 3. The van der Waals surface area contributed by atoms with E-state index in [2.05, 4.69) is 167 Å². The third-order valence-corrected chi connectivity index (χ3v) is 11.4. The van der Waals surface area contributed by atoms with Gasteiger partial charge in [0.1, 0.15) is 13.2 Å². The first kappa shape index (κ1) is 66.3. The summed E-state index contributed by atoms with van der Waals surface area (Å²) in [4.78, 5) is 38.2. The van der Waals surface area contributed by atoms with Gasteiger partial charge in [-0.25, -0.2) is 0 Å². The molecule has 0 aromatic heterocycles. The standard InChI is InChI=1S/C65H102O6/c1-4-7-10-13-16-19-22-25-28-30-32-34-37-40-43-46-49-52-55-58-64(67)70-61-62(60-69-63(66)57-54-51-48-45-42-39-36-27-24-21-18-15-12-9-6-3)71-65(68)59-56-53-50-47-44-41-38-35-33-31-29-26-23-20-17-14-11-8-5-2/h7-12,15-21,24-26,28-29,32-35,40,43,62H,4-6,13-14,22-23,27,30-31,36-39,41-42,44-61H2,1-3H3/b10-7-,11-8-,12-9-,18-15-,19-16-,20-17-,24-21-,28-25-,29-26-,34-32-,35-33-,43-40-. The van der Waals surface area contributed by atoms with Crippen molar-refractivity contribution >= 4 is 17.9 Å². The summed E-state index contributed by atoms with van der Waals surface area (Å²) in [5.74, 6) is -0.972. The quantitative estimate of drug-likeness (QED) is 0.0199. The van der Waals surface area contributed by atoms with Crippen molar-refractivity contribution < 1.29 is 28.6 Å². The summed E-state index contributed by atoms with van der Waals surface area (Å²) >= 11 is 0. The summed E-state index contributed by atoms with van der Waals surface area (Å²) in [5.41, 5.74) is 0. The van der Waals surface area contributed by atoms with Crippen molar-refractivity contribution in [3.8, 4) is 0 Å². The van der Waals surface area contributed by atoms with E-state index < -0.39 is 6.10 Å². The van der Waals surface area contributed by atoms with Crippen molar-refractivity contribution in [2.45, 2.75) is 232 Å². The maximum absolute atomic E-state index is 12.9. The van der Waals surface area contributed by atoms with E-state index in [4.69, 9.17) is 14.2 Å². The van der Waals surface area contributed by atoms with Crippen LogP contribution in [0.1, 0.15) is 226 Å². The number of carbonyl (C=O) groups excluding carboxylic acids is 3. The lowest BCUT2D eigenvalue weighted by atomic mass is 10.1. The van der Waals surface area contributed by atoms with Gasteiger partial charge in [0.15, 0.2) is 6.10 Å². The Bertz CT molecular complexity index is 1590. The fourth-order valence-corrected chi connectivity index (χ4v) is 7.22. The van der Waals surface area contributed by atoms with Crippen molar-refractivity contribution in [2.75, 3.05) is 13.2 Å². The minimum absolute atomic E-state index is 0.107. The van der Waals surface area contributed by atoms with Crippen LogP contribution >= 0.6 is 0 Å². The molecule has 0 saturated carbocycles. The lowest BCUT2D eigenvalue weighted by Gasteiger charge is -2.18. The van der Waals surface area contributed by atoms with Crippen LogP contribution in [0.2, 0.25) is 0 Å². The van der Waals surface area contributed by atoms with E-state index in [1.54, 1.807) is 0 Å². The predicted molar refractivity (Wildman–Crippen MR) is 306 cm³/mol. The topological polar surface area (TPSA) is 78.9 Å². The molecule has 0 N–H and O–H groups in total. The molecule has 71 heavy (non-hydrogen) atoms. The molecule has 0 amide bonds. The van der Waals surface area contributed by atoms with E-state index in [1.165, 1.54) is 38.5 Å². The Morgan fingerprint density at radius 3 is 0.958 bits per heavy atom. The lowest BCUT2D eigenvalue weighted by Crippen LogP contribution is -2.30. The molecule has 0 aromatic carbocycles. The van der Waals surface area contributed by atoms with Gasteiger partial charge in [-0.05, 0) is 122 Å². The first-order valence-electron chi connectivity index (χ1n) is 28.4. The summed E-state index contributed by atoms with van der Waals surface area (Å²) in [6, 6.07) is 0. The van der Waals surface area contributed by atoms with Gasteiger partial charge >= 0.3 is 17.9 Å². The van der Waals surface area contributed by atoms with Crippen molar-refractivity contribution in [1.29, 1.82) is 0 Å². The second kappa shape index (κ2) is 57.9. The fraction of sp³-hybridized carbons (Fsp3) is 0.585. The normalized spacial score (nSPS) is 13.2. The molecule has 6 nitrogen and oxygen atoms in total. The van der Waals surface area contributed by atoms with Gasteiger partial charge in [-0.2, -0.15) is 0 Å². The van der Waals surface area contributed by atoms with Gasteiger partial charge in [0.05, 0.1) is 0 Å². The first-order valence-corrected chi connectivity index (χ1v) is 28.4. The molecule has 0 aliphatic rings. The summed E-state index contributed by atoms with van der Waals surface area (Å²) in [7, 11) is 0. The maximum atomic E-state index is 12.9. The molecule has 0 bridgehead atoms. The third-order valence-electron chi connectivity index (χ3n) is 11.4. The number of unbranched alkanes of at least 4 members (excludes halogenated alkanes) is 16. The molecule has 398 valence electrons. The van der Waals surface area contributed by atoms with E-state index in [0.717, 1.165) is 148 Å². The van der Waals surface area contributed by atoms with Crippen LogP contribution in [0, 0.1) is 0 Å². The highest BCUT2D eigenvalue weighted by Crippen LogP contribution is 2.14. The van der Waals surface area contributed by atoms with Crippen molar-refractivity contribution in [3.05, 3.63) is 146 Å². The summed E-state index contributed by atoms with van der Waals surface area (Å²) in [6.45, 7) is 6.22. The molecule has 0 saturated heterocycles. The van der Waals surface area contributed by atoms with Gasteiger partial charge in [-0.15, -0.1) is 0 Å². The van der Waals surface area contributed by atoms with Gasteiger partial charge in [0.25, 0.3) is 0 Å². The van der Waals surface area contributed by atoms with Crippen molar-refractivity contribution in [3.63, 3.8) is 0 Å². The number of carbonyl (C=O) groups is 3. The van der Waals surface area contributed by atoms with Gasteiger partial charge in [0, 0.05) is 19.3 Å². The molecule has 0 spiro atoms. The highest BCUT2D eigenvalue weighted by Gasteiger charge is 2.19. The summed E-state index contributed by atoms with van der Waals surface area (Å²) in [5, 5.41) is 0. The van der Waals surface area contributed by atoms with Crippen molar-refractivity contribution in [2.24, 2.45) is 0 Å². The largest absolute Gasteiger partial charge is 0.462 e. The maximum Gasteiger partial charge on any atom is 0.306 e. The second-order valence-electron chi connectivity index (χ2n) is 18.1. The molecule has 0 rings (SSSR count). The van der Waals surface area contributed by atoms with E-state index in [9.17, 15) is 14.4 Å². The molecular weight excluding hydrogens is 877 g/mol. The molecule has 0 radical (unpaired) electrons. The van der Waals surface area contributed by atoms with E-state index in [-0.39, 0.29) is 31.1 Å². The zero-order valence-electron chi connectivity index (χ0n) is 45.4. The molecule has 1 atom stereocenters. The molecule has 6 heteroatoms. The Labute approximate surface area is 436 Å². The molecule has 1 unspecified atom stereocenters. The number of rotatable bonds is 49. The van der Waals surface area contributed by atoms with Crippen LogP contribution in [0.3, 0.4) is 0 Å². The third kappa shape index (κ3) is 56.1. The molecule has 0 heterocycles. The average Bonchev–Trinajstić information content (AvgIpc) is 3.37. The highest BCUT2D eigenvalue weighted by atomic mass is 16.6. The molecule has 0 aliphatic carbocycles. The van der Waals surface area contributed by atoms with Crippen LogP contribution in [-0.2, 0) is 28.6 Å². The zero-order chi connectivity index (χ0) is 51.4. The highest BCUT2D eigenvalue weighted by molar-refractivity contribution is 5.71. The van der Waals surface area contributed by atoms with Gasteiger partial charge in [-0.3, -0.25) is 14.4 Å². The zero-order valence-corrected chi connectivity index (χ0v) is 45.4. The van der Waals surface area contributed by atoms with Gasteiger partial charge in [-0.1, -0.05) is 231 Å². The summed E-state index contributed by atoms with van der Waals surface area (Å²) in [6.07, 6.45) is 82.6. The SMILES string of the molecule is CC\C=C/C=C\C=C/CCCCCCCCCC(=O)OCC(COC(=O)CCCCC/C=C\C/C=C\C/C=C\C/C=C\C/C=C\CC)OC(=O)CCCCCCCC/C=C\C/C=C\C/C=C\C/C=C\CC. The fourth-order valence-electron chi connectivity index (χ4n) is 7.22. The minimum Gasteiger partial charge on any atom is -0.462 e. The molecule has 0 aliphatic heterocycles. The Morgan fingerprint density at radius 1 is 0.296 bits per heavy atom. The Balaban J connectivity index is 4.52. The van der Waals surface area contributed by atoms with E-state index >= 15 is 0 Å². The Morgan fingerprint density at radius 2 is 0.577 bits per heavy atom. The molecule has 0 fully saturated rings. The van der Waals surface area contributed by atoms with Crippen LogP contribution in [0.25, 0.3) is 0 Å². The predicted octanol–water partition coefficient (Wildman–Crippen LogP) is 19.2. The summed E-state index contributed by atoms with van der Waals surface area (Å²) < 4.78 is 16.8. The molecular formula is C65H102O6. The average molecular weight is 980 g/mol. The number of esters is 3. The number of hydrogen-bond acceptors (Lipinski definition) is 6. The number of allylic oxidation sites excluding steroid dienone is 24. The van der Waals surface area contributed by atoms with Crippen LogP contribution in [0.4, 0.5) is 0 Å². The van der Waals surface area contributed by atoms with Gasteiger partial charge in [0.2, 0.25) is 0 Å². The Hall–Kier alpha value is -4.71. The van der Waals surface area contributed by atoms with Crippen LogP contribution < -0.4 is 0 Å². The monoisotopic (exact) mass is 979 g/mol. The molecule has 0 aromatic rings. The minimum atomic E-state index is -0.812. The van der Waals surface area contributed by atoms with Gasteiger partial charge < -0.3 is 14.2 Å². The van der Waals surface area contributed by atoms with Crippen LogP contribution in [0.5, 0.6) is 0 Å². The van der Waals surface area contributed by atoms with Crippen molar-refractivity contribution in [1.82, 2.24) is 0 Å². The Kier molecular flexibility index (Phi) is 54.0. The first-order chi connectivity index (χ1) is 35.0. The number of hydrogen-bond donors (Lipinski definition) is 0. The smallest absolute Gasteiger partial charge is 0.306 e. The lowest BCUT2D eigenvalue weighted by molar-refractivity contribution is -0.167. The van der Waals surface area contributed by atoms with E-state index in [1.807, 2.05) is 0 Å². The second-order valence-corrected chi connectivity index (χ2v) is 18.1. The van der Waals surface area contributed by atoms with Crippen LogP contribution in [-0.4, -0.2) is 37.2 Å². The van der Waals surface area contributed by atoms with Crippen LogP contribution in [0.15, 0.2) is 146 Å².